The van der Waals surface area contributed by atoms with Gasteiger partial charge in [-0.05, 0) is 31.2 Å². The molecule has 3 N–H and O–H groups in total. The summed E-state index contributed by atoms with van der Waals surface area (Å²) in [5, 5.41) is 4.10. The molecule has 98 valence electrons. The van der Waals surface area contributed by atoms with Crippen LogP contribution in [0.25, 0.3) is 0 Å². The van der Waals surface area contributed by atoms with Gasteiger partial charge in [-0.3, -0.25) is 0 Å². The summed E-state index contributed by atoms with van der Waals surface area (Å²) in [5.41, 5.74) is 7.75. The van der Waals surface area contributed by atoms with E-state index in [0.717, 1.165) is 5.69 Å². The Morgan fingerprint density at radius 2 is 1.84 bits per heavy atom. The molecule has 0 atom stereocenters. The molecule has 0 spiro atoms. The van der Waals surface area contributed by atoms with Crippen LogP contribution in [0, 0.1) is 6.92 Å². The van der Waals surface area contributed by atoms with Gasteiger partial charge in [0, 0.05) is 5.69 Å². The zero-order valence-electron chi connectivity index (χ0n) is 10.1. The van der Waals surface area contributed by atoms with Gasteiger partial charge in [-0.2, -0.15) is 0 Å². The minimum absolute atomic E-state index is 0.262. The predicted octanol–water partition coefficient (Wildman–Crippen LogP) is 4.07. The Morgan fingerprint density at radius 3 is 2.42 bits per heavy atom. The van der Waals surface area contributed by atoms with Crippen LogP contribution in [0.1, 0.15) is 11.3 Å². The van der Waals surface area contributed by atoms with Crippen molar-refractivity contribution in [1.29, 1.82) is 0 Å². The van der Waals surface area contributed by atoms with Crippen molar-refractivity contribution in [2.24, 2.45) is 5.73 Å². The third-order valence-corrected chi connectivity index (χ3v) is 3.36. The first-order valence-electron chi connectivity index (χ1n) is 5.47. The molecular formula is C13H11Cl2N3S. The fourth-order valence-electron chi connectivity index (χ4n) is 1.59. The summed E-state index contributed by atoms with van der Waals surface area (Å²) in [6, 6.07) is 8.91. The fourth-order valence-corrected chi connectivity index (χ4v) is 2.24. The van der Waals surface area contributed by atoms with Crippen LogP contribution in [-0.2, 0) is 0 Å². The minimum Gasteiger partial charge on any atom is -0.389 e. The number of hydrogen-bond acceptors (Lipinski definition) is 3. The smallest absolute Gasteiger partial charge is 0.140 e. The normalized spacial score (nSPS) is 10.3. The highest BCUT2D eigenvalue weighted by molar-refractivity contribution is 7.80. The lowest BCUT2D eigenvalue weighted by Crippen LogP contribution is -2.13. The molecule has 2 aromatic rings. The van der Waals surface area contributed by atoms with Crippen LogP contribution in [0.5, 0.6) is 0 Å². The molecule has 0 saturated carbocycles. The van der Waals surface area contributed by atoms with E-state index < -0.39 is 0 Å². The summed E-state index contributed by atoms with van der Waals surface area (Å²) in [5.74, 6) is 0.544. The van der Waals surface area contributed by atoms with Crippen molar-refractivity contribution in [2.75, 3.05) is 5.32 Å². The van der Waals surface area contributed by atoms with Crippen LogP contribution < -0.4 is 11.1 Å². The van der Waals surface area contributed by atoms with Crippen molar-refractivity contribution in [2.45, 2.75) is 6.92 Å². The number of nitrogens with zero attached hydrogens (tertiary/aromatic N) is 1. The molecule has 0 fully saturated rings. The monoisotopic (exact) mass is 311 g/mol. The SMILES string of the molecule is Cc1ccc(C(N)=S)c(Nc2c(Cl)cccc2Cl)n1. The van der Waals surface area contributed by atoms with E-state index in [0.29, 0.717) is 27.1 Å². The standard InChI is InChI=1S/C13H11Cl2N3S/c1-7-5-6-8(12(16)19)13(17-7)18-11-9(14)3-2-4-10(11)15/h2-6H,1H3,(H2,16,19)(H,17,18). The number of halogens is 2. The number of rotatable bonds is 3. The topological polar surface area (TPSA) is 50.9 Å². The molecule has 2 rings (SSSR count). The van der Waals surface area contributed by atoms with Gasteiger partial charge in [0.1, 0.15) is 10.8 Å². The van der Waals surface area contributed by atoms with E-state index in [2.05, 4.69) is 10.3 Å². The van der Waals surface area contributed by atoms with E-state index >= 15 is 0 Å². The number of hydrogen-bond donors (Lipinski definition) is 2. The average Bonchev–Trinajstić information content (AvgIpc) is 2.33. The maximum Gasteiger partial charge on any atom is 0.140 e. The minimum atomic E-state index is 0.262. The zero-order chi connectivity index (χ0) is 14.0. The zero-order valence-corrected chi connectivity index (χ0v) is 12.4. The number of anilines is 2. The second-order valence-electron chi connectivity index (χ2n) is 3.93. The van der Waals surface area contributed by atoms with Crippen molar-refractivity contribution in [3.05, 3.63) is 51.6 Å². The summed E-state index contributed by atoms with van der Waals surface area (Å²) in [7, 11) is 0. The Bertz CT molecular complexity index is 624. The van der Waals surface area contributed by atoms with Gasteiger partial charge in [-0.1, -0.05) is 41.5 Å². The van der Waals surface area contributed by atoms with E-state index in [4.69, 9.17) is 41.2 Å². The second-order valence-corrected chi connectivity index (χ2v) is 5.19. The highest BCUT2D eigenvalue weighted by Crippen LogP contribution is 2.32. The number of thiocarbonyl (C=S) groups is 1. The Balaban J connectivity index is 2.49. The van der Waals surface area contributed by atoms with Gasteiger partial charge in [0.2, 0.25) is 0 Å². The van der Waals surface area contributed by atoms with E-state index in [9.17, 15) is 0 Å². The van der Waals surface area contributed by atoms with Crippen LogP contribution in [0.15, 0.2) is 30.3 Å². The van der Waals surface area contributed by atoms with Crippen LogP contribution in [0.3, 0.4) is 0 Å². The number of nitrogens with one attached hydrogen (secondary N) is 1. The number of aryl methyl sites for hydroxylation is 1. The molecule has 1 aromatic carbocycles. The molecule has 6 heteroatoms. The lowest BCUT2D eigenvalue weighted by molar-refractivity contribution is 1.19. The summed E-state index contributed by atoms with van der Waals surface area (Å²) in [6.07, 6.45) is 0. The van der Waals surface area contributed by atoms with Crippen LogP contribution >= 0.6 is 35.4 Å². The molecule has 0 radical (unpaired) electrons. The van der Waals surface area contributed by atoms with Gasteiger partial charge < -0.3 is 11.1 Å². The number of nitrogens with two attached hydrogens (primary N) is 1. The summed E-state index contributed by atoms with van der Waals surface area (Å²) in [6.45, 7) is 1.88. The predicted molar refractivity (Wildman–Crippen MR) is 84.6 cm³/mol. The van der Waals surface area contributed by atoms with Crippen molar-refractivity contribution in [3.8, 4) is 0 Å². The van der Waals surface area contributed by atoms with Crippen molar-refractivity contribution in [3.63, 3.8) is 0 Å². The van der Waals surface area contributed by atoms with E-state index in [1.807, 2.05) is 19.1 Å². The van der Waals surface area contributed by atoms with Crippen LogP contribution in [0.2, 0.25) is 10.0 Å². The molecule has 0 aliphatic carbocycles. The van der Waals surface area contributed by atoms with Crippen molar-refractivity contribution in [1.82, 2.24) is 4.98 Å². The van der Waals surface area contributed by atoms with Gasteiger partial charge in [0.25, 0.3) is 0 Å². The first-order valence-corrected chi connectivity index (χ1v) is 6.64. The quantitative estimate of drug-likeness (QED) is 0.839. The largest absolute Gasteiger partial charge is 0.389 e. The summed E-state index contributed by atoms with van der Waals surface area (Å²) in [4.78, 5) is 4.64. The first kappa shape index (κ1) is 14.1. The molecule has 0 bridgehead atoms. The van der Waals surface area contributed by atoms with Crippen LogP contribution in [-0.4, -0.2) is 9.97 Å². The van der Waals surface area contributed by atoms with Crippen molar-refractivity contribution < 1.29 is 0 Å². The summed E-state index contributed by atoms with van der Waals surface area (Å²) >= 11 is 17.2. The Kier molecular flexibility index (Phi) is 4.24. The second kappa shape index (κ2) is 5.74. The third kappa shape index (κ3) is 3.15. The molecule has 0 amide bonds. The third-order valence-electron chi connectivity index (χ3n) is 2.51. The number of benzene rings is 1. The molecule has 19 heavy (non-hydrogen) atoms. The highest BCUT2D eigenvalue weighted by atomic mass is 35.5. The Labute approximate surface area is 126 Å². The maximum atomic E-state index is 6.11. The van der Waals surface area contributed by atoms with E-state index in [1.165, 1.54) is 0 Å². The van der Waals surface area contributed by atoms with Gasteiger partial charge >= 0.3 is 0 Å². The molecular weight excluding hydrogens is 301 g/mol. The lowest BCUT2D eigenvalue weighted by Gasteiger charge is -2.13. The molecule has 3 nitrogen and oxygen atoms in total. The Hall–Kier alpha value is -1.36. The molecule has 0 aliphatic heterocycles. The average molecular weight is 312 g/mol. The van der Waals surface area contributed by atoms with Gasteiger partial charge in [-0.15, -0.1) is 0 Å². The maximum absolute atomic E-state index is 6.11. The van der Waals surface area contributed by atoms with Gasteiger partial charge in [0.05, 0.1) is 21.3 Å². The molecule has 0 aliphatic rings. The first-order chi connectivity index (χ1) is 8.99. The number of para-hydroxylation sites is 1. The Morgan fingerprint density at radius 1 is 1.21 bits per heavy atom. The van der Waals surface area contributed by atoms with Crippen LogP contribution in [0.4, 0.5) is 11.5 Å². The highest BCUT2D eigenvalue weighted by Gasteiger charge is 2.11. The molecule has 1 aromatic heterocycles. The van der Waals surface area contributed by atoms with Crippen molar-refractivity contribution >= 4 is 51.9 Å². The van der Waals surface area contributed by atoms with E-state index in [-0.39, 0.29) is 4.99 Å². The lowest BCUT2D eigenvalue weighted by atomic mass is 10.2. The van der Waals surface area contributed by atoms with E-state index in [1.54, 1.807) is 18.2 Å². The molecule has 1 heterocycles. The number of pyridine rings is 1. The number of aromatic nitrogens is 1. The molecule has 0 saturated heterocycles. The fraction of sp³-hybridized carbons (Fsp3) is 0.0769. The van der Waals surface area contributed by atoms with Gasteiger partial charge in [-0.25, -0.2) is 4.98 Å². The van der Waals surface area contributed by atoms with Gasteiger partial charge in [0.15, 0.2) is 0 Å². The molecule has 0 unspecified atom stereocenters. The summed E-state index contributed by atoms with van der Waals surface area (Å²) < 4.78 is 0.